The molecule has 4 aliphatic rings. The van der Waals surface area contributed by atoms with Crippen LogP contribution >= 0.6 is 0 Å². The molecule has 1 aromatic carbocycles. The lowest BCUT2D eigenvalue weighted by Gasteiger charge is -2.58. The Morgan fingerprint density at radius 1 is 0.974 bits per heavy atom. The largest absolute Gasteiger partial charge is 0.508 e. The van der Waals surface area contributed by atoms with Crippen molar-refractivity contribution in [2.45, 2.75) is 118 Å². The van der Waals surface area contributed by atoms with Crippen LogP contribution in [0.4, 0.5) is 4.79 Å². The first-order chi connectivity index (χ1) is 18.2. The van der Waals surface area contributed by atoms with Crippen LogP contribution in [0.25, 0.3) is 0 Å². The van der Waals surface area contributed by atoms with Crippen LogP contribution in [0.1, 0.15) is 111 Å². The van der Waals surface area contributed by atoms with Crippen LogP contribution in [-0.4, -0.2) is 12.3 Å². The second-order valence-corrected chi connectivity index (χ2v) is 14.3. The first kappa shape index (κ1) is 27.8. The highest BCUT2D eigenvalue weighted by Crippen LogP contribution is 2.67. The molecule has 0 amide bonds. The summed E-state index contributed by atoms with van der Waals surface area (Å²) in [5.41, 5.74) is 3.36. The lowest BCUT2D eigenvalue weighted by atomic mass is 9.47. The fourth-order valence-corrected chi connectivity index (χ4v) is 9.64. The van der Waals surface area contributed by atoms with Gasteiger partial charge in [0.15, 0.2) is 0 Å². The molecule has 0 bridgehead atoms. The zero-order chi connectivity index (χ0) is 26.9. The van der Waals surface area contributed by atoms with Gasteiger partial charge in [-0.05, 0) is 96.8 Å². The first-order valence-corrected chi connectivity index (χ1v) is 15.8. The number of rotatable bonds is 8. The minimum atomic E-state index is -0.523. The maximum absolute atomic E-state index is 12.4. The highest BCUT2D eigenvalue weighted by Gasteiger charge is 2.59. The van der Waals surface area contributed by atoms with Crippen molar-refractivity contribution in [3.05, 3.63) is 47.5 Å². The predicted molar refractivity (Wildman–Crippen MR) is 155 cm³/mol. The maximum Gasteiger partial charge on any atom is 0.508 e. The Hall–Kier alpha value is -1.77. The average Bonchev–Trinajstić information content (AvgIpc) is 3.25. The van der Waals surface area contributed by atoms with Crippen LogP contribution in [0.15, 0.2) is 42.0 Å². The lowest BCUT2D eigenvalue weighted by Crippen LogP contribution is -2.51. The Bertz CT molecular complexity index is 982. The van der Waals surface area contributed by atoms with E-state index >= 15 is 0 Å². The molecular weight excluding hydrogens is 468 g/mol. The minimum Gasteiger partial charge on any atom is -0.431 e. The van der Waals surface area contributed by atoms with Crippen molar-refractivity contribution in [2.75, 3.05) is 0 Å². The predicted octanol–water partition coefficient (Wildman–Crippen LogP) is 9.75. The van der Waals surface area contributed by atoms with E-state index in [2.05, 4.69) is 40.7 Å². The summed E-state index contributed by atoms with van der Waals surface area (Å²) < 4.78 is 11.2. The van der Waals surface area contributed by atoms with Crippen molar-refractivity contribution in [1.82, 2.24) is 0 Å². The Kier molecular flexibility index (Phi) is 8.32. The second-order valence-electron chi connectivity index (χ2n) is 14.3. The van der Waals surface area contributed by atoms with Crippen LogP contribution in [0, 0.1) is 46.3 Å². The molecule has 8 atom stereocenters. The molecule has 0 spiro atoms. The van der Waals surface area contributed by atoms with Gasteiger partial charge in [-0.25, -0.2) is 4.79 Å². The molecule has 3 nitrogen and oxygen atoms in total. The highest BCUT2D eigenvalue weighted by atomic mass is 16.7. The summed E-state index contributed by atoms with van der Waals surface area (Å²) in [5, 5.41) is 0. The van der Waals surface area contributed by atoms with Gasteiger partial charge in [0.2, 0.25) is 0 Å². The topological polar surface area (TPSA) is 35.5 Å². The van der Waals surface area contributed by atoms with Crippen LogP contribution in [0.3, 0.4) is 0 Å². The van der Waals surface area contributed by atoms with Crippen molar-refractivity contribution < 1.29 is 14.3 Å². The molecule has 0 unspecified atom stereocenters. The SMILES string of the molecule is CC(C)CCC[C@@H](C)[C@@H]1CC[C@H]2[C@H]3CC=C4C[C@@H](OC(=O)OCc5ccccc5)CC[C@]4(C)[C@H]3CC[C@@]21C. The number of allylic oxidation sites excluding steroid dienone is 1. The van der Waals surface area contributed by atoms with Gasteiger partial charge in [-0.15, -0.1) is 0 Å². The van der Waals surface area contributed by atoms with Crippen molar-refractivity contribution in [2.24, 2.45) is 46.3 Å². The maximum atomic E-state index is 12.4. The number of fused-ring (bicyclic) bond motifs is 5. The normalized spacial score (nSPS) is 37.0. The Morgan fingerprint density at radius 2 is 1.76 bits per heavy atom. The molecule has 0 aromatic heterocycles. The third-order valence-electron chi connectivity index (χ3n) is 11.7. The molecule has 4 aliphatic carbocycles. The van der Waals surface area contributed by atoms with Crippen LogP contribution in [0.2, 0.25) is 0 Å². The Balaban J connectivity index is 1.19. The van der Waals surface area contributed by atoms with E-state index in [-0.39, 0.29) is 18.1 Å². The van der Waals surface area contributed by atoms with Gasteiger partial charge in [0, 0.05) is 6.42 Å². The van der Waals surface area contributed by atoms with Gasteiger partial charge in [0.1, 0.15) is 12.7 Å². The molecule has 0 radical (unpaired) electrons. The molecule has 210 valence electrons. The van der Waals surface area contributed by atoms with Gasteiger partial charge in [-0.3, -0.25) is 0 Å². The van der Waals surface area contributed by atoms with Crippen molar-refractivity contribution in [3.63, 3.8) is 0 Å². The zero-order valence-electron chi connectivity index (χ0n) is 24.7. The van der Waals surface area contributed by atoms with Gasteiger partial charge in [-0.1, -0.05) is 95.9 Å². The summed E-state index contributed by atoms with van der Waals surface area (Å²) in [6.45, 7) is 12.8. The highest BCUT2D eigenvalue weighted by molar-refractivity contribution is 5.60. The molecule has 0 N–H and O–H groups in total. The number of hydrogen-bond donors (Lipinski definition) is 0. The van der Waals surface area contributed by atoms with Crippen LogP contribution < -0.4 is 0 Å². The van der Waals surface area contributed by atoms with Gasteiger partial charge in [0.25, 0.3) is 0 Å². The molecule has 3 heteroatoms. The standard InChI is InChI=1S/C35H52O3/c1-24(2)10-9-11-25(3)30-16-17-31-29-15-14-27-22-28(38-33(36)37-23-26-12-7-6-8-13-26)18-20-34(27,4)32(29)19-21-35(30,31)5/h6-8,12-14,24-25,28-32H,9-11,15-23H2,1-5H3/t25-,28+,29-,30+,31+,32+,34+,35-/m1/s1. The quantitative estimate of drug-likeness (QED) is 0.253. The Labute approximate surface area is 232 Å². The molecule has 3 fully saturated rings. The van der Waals surface area contributed by atoms with E-state index in [1.54, 1.807) is 5.57 Å². The summed E-state index contributed by atoms with van der Waals surface area (Å²) in [6.07, 6.45) is 16.1. The van der Waals surface area contributed by atoms with E-state index in [1.165, 1.54) is 51.4 Å². The molecule has 0 aliphatic heterocycles. The lowest BCUT2D eigenvalue weighted by molar-refractivity contribution is -0.0620. The second kappa shape index (κ2) is 11.4. The fraction of sp³-hybridized carbons (Fsp3) is 0.743. The molecule has 5 rings (SSSR count). The third kappa shape index (κ3) is 5.46. The molecule has 0 saturated heterocycles. The summed E-state index contributed by atoms with van der Waals surface area (Å²) in [4.78, 5) is 12.4. The molecule has 0 heterocycles. The van der Waals surface area contributed by atoms with E-state index in [1.807, 2.05) is 30.3 Å². The van der Waals surface area contributed by atoms with Gasteiger partial charge < -0.3 is 9.47 Å². The molecule has 1 aromatic rings. The molecular formula is C35H52O3. The van der Waals surface area contributed by atoms with E-state index < -0.39 is 6.16 Å². The van der Waals surface area contributed by atoms with Crippen LogP contribution in [-0.2, 0) is 16.1 Å². The minimum absolute atomic E-state index is 0.0504. The summed E-state index contributed by atoms with van der Waals surface area (Å²) in [6, 6.07) is 9.83. The van der Waals surface area contributed by atoms with E-state index in [9.17, 15) is 4.79 Å². The summed E-state index contributed by atoms with van der Waals surface area (Å²) in [7, 11) is 0. The Morgan fingerprint density at radius 3 is 2.53 bits per heavy atom. The van der Waals surface area contributed by atoms with Crippen molar-refractivity contribution in [1.29, 1.82) is 0 Å². The average molecular weight is 521 g/mol. The summed E-state index contributed by atoms with van der Waals surface area (Å²) >= 11 is 0. The van der Waals surface area contributed by atoms with Crippen LogP contribution in [0.5, 0.6) is 0 Å². The molecule has 38 heavy (non-hydrogen) atoms. The first-order valence-electron chi connectivity index (χ1n) is 15.8. The van der Waals surface area contributed by atoms with E-state index in [0.29, 0.717) is 5.41 Å². The number of ether oxygens (including phenoxy) is 2. The van der Waals surface area contributed by atoms with E-state index in [0.717, 1.165) is 60.3 Å². The summed E-state index contributed by atoms with van der Waals surface area (Å²) in [5.74, 6) is 5.11. The van der Waals surface area contributed by atoms with Gasteiger partial charge in [-0.2, -0.15) is 0 Å². The van der Waals surface area contributed by atoms with Crippen molar-refractivity contribution in [3.8, 4) is 0 Å². The molecule has 3 saturated carbocycles. The number of hydrogen-bond acceptors (Lipinski definition) is 3. The van der Waals surface area contributed by atoms with Gasteiger partial charge in [0.05, 0.1) is 0 Å². The number of carbonyl (C=O) groups is 1. The number of carbonyl (C=O) groups excluding carboxylic acids is 1. The smallest absolute Gasteiger partial charge is 0.431 e. The van der Waals surface area contributed by atoms with Crippen molar-refractivity contribution >= 4 is 6.16 Å². The third-order valence-corrected chi connectivity index (χ3v) is 11.7. The number of benzene rings is 1. The zero-order valence-corrected chi connectivity index (χ0v) is 24.7. The van der Waals surface area contributed by atoms with Gasteiger partial charge >= 0.3 is 6.16 Å². The fourth-order valence-electron chi connectivity index (χ4n) is 9.64. The van der Waals surface area contributed by atoms with E-state index in [4.69, 9.17) is 9.47 Å². The monoisotopic (exact) mass is 520 g/mol.